The fourth-order valence-corrected chi connectivity index (χ4v) is 9.58. The molecule has 13 aromatic rings. The van der Waals surface area contributed by atoms with Crippen molar-refractivity contribution < 1.29 is 4.42 Å². The molecule has 0 aliphatic rings. The second-order valence-corrected chi connectivity index (χ2v) is 16.4. The first-order valence-corrected chi connectivity index (χ1v) is 21.6. The Kier molecular flexibility index (Phi) is 8.15. The van der Waals surface area contributed by atoms with Gasteiger partial charge in [0.05, 0.1) is 11.0 Å². The SMILES string of the molecule is c1ccc(-c2cccc(-c3nc(-c4cccc(-c5ccccc5)c4)nc(-c4cc5oc6ccccc6c5c5cc(-n6c7ccccc7c7cc8ccccc8cc76)ccc45)n3)c2)cc1. The fraction of sp³-hybridized carbons (Fsp3) is 0. The van der Waals surface area contributed by atoms with Gasteiger partial charge in [-0.2, -0.15) is 0 Å². The lowest BCUT2D eigenvalue weighted by atomic mass is 9.97. The van der Waals surface area contributed by atoms with Gasteiger partial charge in [-0.25, -0.2) is 15.0 Å². The second kappa shape index (κ2) is 14.5. The quantitative estimate of drug-likeness (QED) is 0.168. The van der Waals surface area contributed by atoms with E-state index < -0.39 is 0 Å². The molecule has 13 rings (SSSR count). The van der Waals surface area contributed by atoms with E-state index in [1.54, 1.807) is 0 Å². The van der Waals surface area contributed by atoms with E-state index in [-0.39, 0.29) is 0 Å². The number of nitrogens with zero attached hydrogens (tertiary/aromatic N) is 4. The summed E-state index contributed by atoms with van der Waals surface area (Å²) in [6.07, 6.45) is 0. The molecule has 0 saturated heterocycles. The van der Waals surface area contributed by atoms with Gasteiger partial charge in [0, 0.05) is 43.9 Å². The summed E-state index contributed by atoms with van der Waals surface area (Å²) in [4.78, 5) is 15.9. The average molecular weight is 817 g/mol. The van der Waals surface area contributed by atoms with Gasteiger partial charge in [0.2, 0.25) is 0 Å². The third-order valence-corrected chi connectivity index (χ3v) is 12.6. The molecule has 64 heavy (non-hydrogen) atoms. The third-order valence-electron chi connectivity index (χ3n) is 12.6. The van der Waals surface area contributed by atoms with Gasteiger partial charge in [0.25, 0.3) is 0 Å². The van der Waals surface area contributed by atoms with Crippen LogP contribution in [0.25, 0.3) is 127 Å². The first-order chi connectivity index (χ1) is 31.7. The van der Waals surface area contributed by atoms with Gasteiger partial charge in [-0.3, -0.25) is 0 Å². The zero-order valence-corrected chi connectivity index (χ0v) is 34.5. The van der Waals surface area contributed by atoms with Crippen LogP contribution in [0.4, 0.5) is 0 Å². The van der Waals surface area contributed by atoms with E-state index in [1.807, 2.05) is 24.3 Å². The van der Waals surface area contributed by atoms with Crippen molar-refractivity contribution in [1.82, 2.24) is 19.5 Å². The number of fused-ring (bicyclic) bond motifs is 9. The van der Waals surface area contributed by atoms with Crippen molar-refractivity contribution in [2.75, 3.05) is 0 Å². The lowest BCUT2D eigenvalue weighted by molar-refractivity contribution is 0.669. The summed E-state index contributed by atoms with van der Waals surface area (Å²) >= 11 is 0. The molecule has 0 N–H and O–H groups in total. The molecule has 0 atom stereocenters. The first-order valence-electron chi connectivity index (χ1n) is 21.6. The topological polar surface area (TPSA) is 56.7 Å². The molecule has 0 aliphatic carbocycles. The van der Waals surface area contributed by atoms with Gasteiger partial charge in [0.1, 0.15) is 11.2 Å². The summed E-state index contributed by atoms with van der Waals surface area (Å²) in [5.74, 6) is 1.75. The van der Waals surface area contributed by atoms with Crippen LogP contribution in [0.1, 0.15) is 0 Å². The van der Waals surface area contributed by atoms with E-state index in [0.29, 0.717) is 17.5 Å². The summed E-state index contributed by atoms with van der Waals surface area (Å²) in [7, 11) is 0. The third kappa shape index (κ3) is 5.90. The van der Waals surface area contributed by atoms with Crippen molar-refractivity contribution in [3.63, 3.8) is 0 Å². The molecule has 5 nitrogen and oxygen atoms in total. The molecule has 10 aromatic carbocycles. The van der Waals surface area contributed by atoms with E-state index in [1.165, 1.54) is 21.5 Å². The zero-order chi connectivity index (χ0) is 42.1. The summed E-state index contributed by atoms with van der Waals surface area (Å²) in [6.45, 7) is 0. The molecule has 3 heterocycles. The highest BCUT2D eigenvalue weighted by atomic mass is 16.3. The van der Waals surface area contributed by atoms with E-state index in [2.05, 4.69) is 199 Å². The highest BCUT2D eigenvalue weighted by molar-refractivity contribution is 6.22. The van der Waals surface area contributed by atoms with Gasteiger partial charge >= 0.3 is 0 Å². The van der Waals surface area contributed by atoms with Crippen molar-refractivity contribution in [3.8, 4) is 62.1 Å². The summed E-state index contributed by atoms with van der Waals surface area (Å²) in [6, 6.07) is 76.9. The van der Waals surface area contributed by atoms with Crippen LogP contribution < -0.4 is 0 Å². The maximum absolute atomic E-state index is 6.72. The molecule has 0 amide bonds. The van der Waals surface area contributed by atoms with Crippen molar-refractivity contribution in [1.29, 1.82) is 0 Å². The predicted octanol–water partition coefficient (Wildman–Crippen LogP) is 15.5. The van der Waals surface area contributed by atoms with Crippen LogP contribution in [0.15, 0.2) is 223 Å². The molecule has 3 aromatic heterocycles. The highest BCUT2D eigenvalue weighted by Gasteiger charge is 2.21. The summed E-state index contributed by atoms with van der Waals surface area (Å²) in [5, 5.41) is 9.07. The van der Waals surface area contributed by atoms with E-state index >= 15 is 0 Å². The van der Waals surface area contributed by atoms with Crippen LogP contribution in [0.3, 0.4) is 0 Å². The van der Waals surface area contributed by atoms with Gasteiger partial charge in [-0.1, -0.05) is 164 Å². The maximum Gasteiger partial charge on any atom is 0.164 e. The number of hydrogen-bond donors (Lipinski definition) is 0. The molecular formula is C59H36N4O. The lowest BCUT2D eigenvalue weighted by Gasteiger charge is -2.14. The van der Waals surface area contributed by atoms with Crippen LogP contribution in [-0.2, 0) is 0 Å². The van der Waals surface area contributed by atoms with Crippen molar-refractivity contribution in [2.45, 2.75) is 0 Å². The Hall–Kier alpha value is -8.67. The number of para-hydroxylation sites is 2. The van der Waals surface area contributed by atoms with Crippen molar-refractivity contribution >= 4 is 65.3 Å². The van der Waals surface area contributed by atoms with E-state index in [0.717, 1.165) is 88.4 Å². The monoisotopic (exact) mass is 816 g/mol. The normalized spacial score (nSPS) is 11.8. The Morgan fingerprint density at radius 2 is 0.875 bits per heavy atom. The van der Waals surface area contributed by atoms with Gasteiger partial charge in [-0.15, -0.1) is 0 Å². The first kappa shape index (κ1) is 36.0. The maximum atomic E-state index is 6.72. The molecule has 0 bridgehead atoms. The van der Waals surface area contributed by atoms with E-state index in [4.69, 9.17) is 19.4 Å². The van der Waals surface area contributed by atoms with Gasteiger partial charge < -0.3 is 8.98 Å². The molecule has 0 radical (unpaired) electrons. The molecular weight excluding hydrogens is 781 g/mol. The zero-order valence-electron chi connectivity index (χ0n) is 34.5. The standard InChI is InChI=1S/C59H36N4O/c1-3-15-37(16-4-1)39-21-13-23-43(31-39)57-60-58(44-24-14-22-40(32-44)38-17-5-2-6-18-38)62-59(61-57)51-36-55-56(48-26-10-12-28-54(48)64-55)50-35-45(29-30-46(50)51)63-52-27-11-9-25-47(52)49-33-41-19-7-8-20-42(41)34-53(49)63/h1-36H. The van der Waals surface area contributed by atoms with Gasteiger partial charge in [-0.05, 0) is 98.4 Å². The minimum Gasteiger partial charge on any atom is -0.456 e. The van der Waals surface area contributed by atoms with Crippen molar-refractivity contribution in [3.05, 3.63) is 218 Å². The Morgan fingerprint density at radius 3 is 1.58 bits per heavy atom. The van der Waals surface area contributed by atoms with Crippen LogP contribution >= 0.6 is 0 Å². The highest BCUT2D eigenvalue weighted by Crippen LogP contribution is 2.43. The number of rotatable bonds is 6. The van der Waals surface area contributed by atoms with E-state index in [9.17, 15) is 0 Å². The number of hydrogen-bond acceptors (Lipinski definition) is 4. The molecule has 0 fully saturated rings. The lowest BCUT2D eigenvalue weighted by Crippen LogP contribution is -2.01. The summed E-state index contributed by atoms with van der Waals surface area (Å²) in [5.41, 5.74) is 12.1. The molecule has 5 heteroatoms. The van der Waals surface area contributed by atoms with Crippen LogP contribution in [0, 0.1) is 0 Å². The average Bonchev–Trinajstić information content (AvgIpc) is 3.91. The van der Waals surface area contributed by atoms with Gasteiger partial charge in [0.15, 0.2) is 17.5 Å². The predicted molar refractivity (Wildman–Crippen MR) is 264 cm³/mol. The number of aromatic nitrogens is 4. The Bertz CT molecular complexity index is 3860. The molecule has 0 unspecified atom stereocenters. The second-order valence-electron chi connectivity index (χ2n) is 16.4. The number of furan rings is 1. The smallest absolute Gasteiger partial charge is 0.164 e. The Morgan fingerprint density at radius 1 is 0.312 bits per heavy atom. The molecule has 0 aliphatic heterocycles. The molecule has 298 valence electrons. The minimum atomic E-state index is 0.568. The Labute approximate surface area is 368 Å². The largest absolute Gasteiger partial charge is 0.456 e. The molecule has 0 spiro atoms. The summed E-state index contributed by atoms with van der Waals surface area (Å²) < 4.78 is 9.12. The number of benzene rings is 10. The van der Waals surface area contributed by atoms with Crippen LogP contribution in [0.5, 0.6) is 0 Å². The Balaban J connectivity index is 1.07. The fourth-order valence-electron chi connectivity index (χ4n) is 9.58. The molecule has 0 saturated carbocycles. The van der Waals surface area contributed by atoms with Crippen molar-refractivity contribution in [2.24, 2.45) is 0 Å². The minimum absolute atomic E-state index is 0.568. The van der Waals surface area contributed by atoms with Crippen LogP contribution in [0.2, 0.25) is 0 Å². The van der Waals surface area contributed by atoms with Crippen LogP contribution in [-0.4, -0.2) is 19.5 Å².